The summed E-state index contributed by atoms with van der Waals surface area (Å²) < 4.78 is 1.45. The summed E-state index contributed by atoms with van der Waals surface area (Å²) in [5.41, 5.74) is 24.5. The summed E-state index contributed by atoms with van der Waals surface area (Å²) in [7, 11) is 0. The van der Waals surface area contributed by atoms with Crippen LogP contribution in [0.1, 0.15) is 20.3 Å². The van der Waals surface area contributed by atoms with Crippen LogP contribution in [-0.4, -0.2) is 28.0 Å². The van der Waals surface area contributed by atoms with E-state index >= 15 is 0 Å². The van der Waals surface area contributed by atoms with Gasteiger partial charge < -0.3 is 11.5 Å². The number of rotatable bonds is 2. The van der Waals surface area contributed by atoms with Gasteiger partial charge in [0, 0.05) is 6.42 Å². The van der Waals surface area contributed by atoms with Gasteiger partial charge in [-0.15, -0.1) is 14.9 Å². The highest BCUT2D eigenvalue weighted by atomic mass is 15.6. The van der Waals surface area contributed by atoms with Gasteiger partial charge in [-0.25, -0.2) is 0 Å². The SMILES string of the molecule is CC1=N[N+](=C(N)N)C(C)(NN=C(N)N)C1. The van der Waals surface area contributed by atoms with Crippen LogP contribution in [0.5, 0.6) is 0 Å². The summed E-state index contributed by atoms with van der Waals surface area (Å²) in [4.78, 5) is 0. The van der Waals surface area contributed by atoms with Crippen molar-refractivity contribution >= 4 is 17.6 Å². The lowest BCUT2D eigenvalue weighted by Gasteiger charge is -2.22. The molecule has 15 heavy (non-hydrogen) atoms. The summed E-state index contributed by atoms with van der Waals surface area (Å²) >= 11 is 0. The first-order valence-corrected chi connectivity index (χ1v) is 4.43. The molecular weight excluding hydrogens is 196 g/mol. The molecule has 8 heteroatoms. The minimum atomic E-state index is -0.618. The lowest BCUT2D eigenvalue weighted by atomic mass is 10.1. The first-order chi connectivity index (χ1) is 6.85. The van der Waals surface area contributed by atoms with Crippen LogP contribution in [0, 0.1) is 0 Å². The second kappa shape index (κ2) is 3.64. The highest BCUT2D eigenvalue weighted by Gasteiger charge is 2.39. The number of nitrogens with zero attached hydrogens (tertiary/aromatic N) is 3. The van der Waals surface area contributed by atoms with Crippen molar-refractivity contribution < 1.29 is 4.68 Å². The predicted octanol–water partition coefficient (Wildman–Crippen LogP) is -2.45. The molecule has 0 radical (unpaired) electrons. The van der Waals surface area contributed by atoms with E-state index in [4.69, 9.17) is 22.9 Å². The van der Waals surface area contributed by atoms with Gasteiger partial charge in [0.25, 0.3) is 0 Å². The molecule has 0 aromatic heterocycles. The van der Waals surface area contributed by atoms with Crippen molar-refractivity contribution in [3.05, 3.63) is 0 Å². The largest absolute Gasteiger partial charge is 0.369 e. The van der Waals surface area contributed by atoms with E-state index in [9.17, 15) is 0 Å². The Morgan fingerprint density at radius 2 is 2.07 bits per heavy atom. The molecule has 0 amide bonds. The molecule has 0 aromatic rings. The van der Waals surface area contributed by atoms with Gasteiger partial charge in [-0.3, -0.25) is 16.9 Å². The fraction of sp³-hybridized carbons (Fsp3) is 0.571. The molecule has 1 atom stereocenters. The van der Waals surface area contributed by atoms with E-state index in [1.807, 2.05) is 13.8 Å². The summed E-state index contributed by atoms with van der Waals surface area (Å²) in [6.07, 6.45) is 0.627. The van der Waals surface area contributed by atoms with Gasteiger partial charge in [0.2, 0.25) is 11.6 Å². The predicted molar refractivity (Wildman–Crippen MR) is 58.7 cm³/mol. The van der Waals surface area contributed by atoms with Crippen LogP contribution in [0.15, 0.2) is 10.2 Å². The van der Waals surface area contributed by atoms with Gasteiger partial charge >= 0.3 is 5.96 Å². The third kappa shape index (κ3) is 2.27. The van der Waals surface area contributed by atoms with Gasteiger partial charge in [-0.2, -0.15) is 0 Å². The molecule has 9 N–H and O–H groups in total. The topological polar surface area (TPSA) is 144 Å². The molecule has 1 aliphatic heterocycles. The van der Waals surface area contributed by atoms with E-state index in [2.05, 4.69) is 15.6 Å². The molecule has 0 saturated heterocycles. The number of hydrazone groups is 2. The molecule has 0 spiro atoms. The van der Waals surface area contributed by atoms with Crippen LogP contribution in [0.25, 0.3) is 0 Å². The lowest BCUT2D eigenvalue weighted by molar-refractivity contribution is -0.608. The van der Waals surface area contributed by atoms with Crippen LogP contribution >= 0.6 is 0 Å². The zero-order valence-electron chi connectivity index (χ0n) is 8.86. The summed E-state index contributed by atoms with van der Waals surface area (Å²) in [6, 6.07) is 0. The van der Waals surface area contributed by atoms with E-state index in [0.29, 0.717) is 6.42 Å². The lowest BCUT2D eigenvalue weighted by Crippen LogP contribution is -2.52. The Morgan fingerprint density at radius 1 is 1.47 bits per heavy atom. The van der Waals surface area contributed by atoms with E-state index in [-0.39, 0.29) is 11.9 Å². The van der Waals surface area contributed by atoms with Crippen molar-refractivity contribution in [1.29, 1.82) is 0 Å². The molecule has 0 aliphatic carbocycles. The van der Waals surface area contributed by atoms with Crippen LogP contribution in [-0.2, 0) is 0 Å². The zero-order valence-corrected chi connectivity index (χ0v) is 8.86. The maximum absolute atomic E-state index is 5.50. The van der Waals surface area contributed by atoms with Crippen molar-refractivity contribution in [3.8, 4) is 0 Å². The Kier molecular flexibility index (Phi) is 2.69. The van der Waals surface area contributed by atoms with E-state index in [1.54, 1.807) is 0 Å². The number of nitrogens with one attached hydrogen (secondary N) is 1. The molecule has 0 aromatic carbocycles. The fourth-order valence-electron chi connectivity index (χ4n) is 1.50. The molecule has 84 valence electrons. The quantitative estimate of drug-likeness (QED) is 0.150. The first-order valence-electron chi connectivity index (χ1n) is 4.43. The standard InChI is InChI=1S/C7H16N8/c1-4-3-7(2,14-12-5(8)9)15(13-4)6(10)11/h14H,3H2,1-2H3,(H7,8,9,10,11,12)/p+1. The Balaban J connectivity index is 2.96. The molecule has 0 fully saturated rings. The normalized spacial score (nSPS) is 24.7. The van der Waals surface area contributed by atoms with Crippen molar-refractivity contribution in [3.63, 3.8) is 0 Å². The number of nitrogens with two attached hydrogens (primary N) is 4. The summed E-state index contributed by atoms with van der Waals surface area (Å²) in [6.45, 7) is 3.72. The maximum Gasteiger partial charge on any atom is 0.367 e. The second-order valence-electron chi connectivity index (χ2n) is 3.67. The van der Waals surface area contributed by atoms with Crippen LogP contribution < -0.4 is 28.4 Å². The monoisotopic (exact) mass is 213 g/mol. The Labute approximate surface area is 87.7 Å². The van der Waals surface area contributed by atoms with Crippen molar-refractivity contribution in [2.75, 3.05) is 0 Å². The Bertz CT molecular complexity index is 346. The van der Waals surface area contributed by atoms with Gasteiger partial charge in [0.15, 0.2) is 0 Å². The maximum atomic E-state index is 5.50. The molecule has 1 rings (SSSR count). The molecule has 0 bridgehead atoms. The van der Waals surface area contributed by atoms with Crippen molar-refractivity contribution in [2.45, 2.75) is 25.9 Å². The summed E-state index contributed by atoms with van der Waals surface area (Å²) in [5, 5.41) is 7.90. The average molecular weight is 213 g/mol. The van der Waals surface area contributed by atoms with Gasteiger partial charge in [-0.1, -0.05) is 0 Å². The van der Waals surface area contributed by atoms with E-state index < -0.39 is 5.66 Å². The van der Waals surface area contributed by atoms with Gasteiger partial charge in [0.05, 0.1) is 5.71 Å². The smallest absolute Gasteiger partial charge is 0.367 e. The zero-order chi connectivity index (χ0) is 11.6. The fourth-order valence-corrected chi connectivity index (χ4v) is 1.50. The molecule has 1 heterocycles. The van der Waals surface area contributed by atoms with Gasteiger partial charge in [0.1, 0.15) is 0 Å². The van der Waals surface area contributed by atoms with Crippen LogP contribution in [0.3, 0.4) is 0 Å². The highest BCUT2D eigenvalue weighted by molar-refractivity contribution is 5.84. The van der Waals surface area contributed by atoms with Crippen LogP contribution in [0.2, 0.25) is 0 Å². The third-order valence-electron chi connectivity index (χ3n) is 2.01. The molecule has 0 saturated carbocycles. The van der Waals surface area contributed by atoms with E-state index in [0.717, 1.165) is 5.71 Å². The minimum Gasteiger partial charge on any atom is -0.369 e. The summed E-state index contributed by atoms with van der Waals surface area (Å²) in [5.74, 6) is 0.0314. The van der Waals surface area contributed by atoms with Crippen molar-refractivity contribution in [1.82, 2.24) is 5.43 Å². The molecule has 8 nitrogen and oxygen atoms in total. The Morgan fingerprint density at radius 3 is 2.53 bits per heavy atom. The second-order valence-corrected chi connectivity index (χ2v) is 3.67. The Hall–Kier alpha value is -1.99. The van der Waals surface area contributed by atoms with Gasteiger partial charge in [-0.05, 0) is 13.8 Å². The minimum absolute atomic E-state index is 0.0590. The third-order valence-corrected chi connectivity index (χ3v) is 2.01. The molecule has 1 aliphatic rings. The number of hydrogen-bond donors (Lipinski definition) is 5. The van der Waals surface area contributed by atoms with E-state index in [1.165, 1.54) is 4.68 Å². The molecule has 1 unspecified atom stereocenters. The van der Waals surface area contributed by atoms with Crippen molar-refractivity contribution in [2.24, 2.45) is 33.1 Å². The molecular formula is C7H17N8+. The number of hydrogen-bond acceptors (Lipinski definition) is 3. The van der Waals surface area contributed by atoms with Crippen LogP contribution in [0.4, 0.5) is 0 Å². The first kappa shape index (κ1) is 11.1. The number of guanidine groups is 2. The average Bonchev–Trinajstić information content (AvgIpc) is 2.39. The highest BCUT2D eigenvalue weighted by Crippen LogP contribution is 2.19.